The molecule has 0 radical (unpaired) electrons. The van der Waals surface area contributed by atoms with Crippen LogP contribution < -0.4 is 10.9 Å². The Balaban J connectivity index is 1.79. The number of pyridine rings is 1. The first-order valence-electron chi connectivity index (χ1n) is 8.98. The molecular weight excluding hydrogens is 376 g/mol. The molecule has 2 heterocycles. The summed E-state index contributed by atoms with van der Waals surface area (Å²) in [6.07, 6.45) is 0. The number of carbonyl (C=O) groups is 2. The van der Waals surface area contributed by atoms with Crippen LogP contribution in [0.2, 0.25) is 0 Å². The minimum atomic E-state index is -1.25. The van der Waals surface area contributed by atoms with E-state index < -0.39 is 35.3 Å². The maximum Gasteiger partial charge on any atom is 0.322 e. The molecule has 29 heavy (non-hydrogen) atoms. The Kier molecular flexibility index (Phi) is 4.77. The quantitative estimate of drug-likeness (QED) is 0.605. The second-order valence-electron chi connectivity index (χ2n) is 6.79. The Morgan fingerprint density at radius 2 is 1.86 bits per heavy atom. The van der Waals surface area contributed by atoms with Crippen molar-refractivity contribution in [2.45, 2.75) is 19.8 Å². The summed E-state index contributed by atoms with van der Waals surface area (Å²) in [5.74, 6) is -2.64. The van der Waals surface area contributed by atoms with E-state index in [1.54, 1.807) is 0 Å². The monoisotopic (exact) mass is 394 g/mol. The van der Waals surface area contributed by atoms with Gasteiger partial charge in [0.25, 0.3) is 11.5 Å². The highest BCUT2D eigenvalue weighted by Crippen LogP contribution is 2.30. The first-order chi connectivity index (χ1) is 14.0. The number of carboxylic acid groups (broad SMARTS) is 1. The second kappa shape index (κ2) is 7.40. The maximum absolute atomic E-state index is 13.0. The fourth-order valence-corrected chi connectivity index (χ4v) is 3.51. The third-order valence-corrected chi connectivity index (χ3v) is 4.92. The van der Waals surface area contributed by atoms with Gasteiger partial charge in [0.2, 0.25) is 0 Å². The number of ether oxygens (including phenoxy) is 1. The van der Waals surface area contributed by atoms with E-state index in [1.807, 2.05) is 42.5 Å². The van der Waals surface area contributed by atoms with Gasteiger partial charge >= 0.3 is 5.97 Å². The first-order valence-corrected chi connectivity index (χ1v) is 8.98. The van der Waals surface area contributed by atoms with E-state index >= 15 is 0 Å². The number of fused-ring (bicyclic) bond motifs is 2. The first kappa shape index (κ1) is 18.7. The summed E-state index contributed by atoms with van der Waals surface area (Å²) in [5.41, 5.74) is 0.558. The van der Waals surface area contributed by atoms with Gasteiger partial charge in [-0.2, -0.15) is 0 Å². The van der Waals surface area contributed by atoms with Crippen molar-refractivity contribution in [1.29, 1.82) is 0 Å². The normalized spacial score (nSPS) is 12.7. The van der Waals surface area contributed by atoms with Crippen LogP contribution in [-0.2, 0) is 29.3 Å². The van der Waals surface area contributed by atoms with E-state index in [2.05, 4.69) is 5.32 Å². The molecule has 3 N–H and O–H groups in total. The molecule has 0 saturated carbocycles. The van der Waals surface area contributed by atoms with E-state index in [0.29, 0.717) is 11.3 Å². The van der Waals surface area contributed by atoms with Gasteiger partial charge in [-0.3, -0.25) is 14.4 Å². The lowest BCUT2D eigenvalue weighted by atomic mass is 10.1. The molecule has 8 heteroatoms. The van der Waals surface area contributed by atoms with E-state index in [-0.39, 0.29) is 19.8 Å². The van der Waals surface area contributed by atoms with Gasteiger partial charge in [0, 0.05) is 5.56 Å². The molecule has 1 aliphatic rings. The number of aromatic nitrogens is 1. The molecule has 1 aromatic heterocycles. The third kappa shape index (κ3) is 3.45. The number of benzene rings is 2. The van der Waals surface area contributed by atoms with Crippen molar-refractivity contribution in [3.63, 3.8) is 0 Å². The average Bonchev–Trinajstić information content (AvgIpc) is 3.19. The van der Waals surface area contributed by atoms with Crippen LogP contribution in [0.25, 0.3) is 10.8 Å². The second-order valence-corrected chi connectivity index (χ2v) is 6.79. The highest BCUT2D eigenvalue weighted by atomic mass is 16.5. The Labute approximate surface area is 165 Å². The SMILES string of the molecule is O=C(O)CNC(=O)c1c(O)c2c(n(Cc3ccc4ccccc4c3)c1=O)COC2. The minimum Gasteiger partial charge on any atom is -0.506 e. The van der Waals surface area contributed by atoms with Crippen LogP contribution in [0.4, 0.5) is 0 Å². The number of carbonyl (C=O) groups excluding carboxylic acids is 1. The summed E-state index contributed by atoms with van der Waals surface area (Å²) >= 11 is 0. The van der Waals surface area contributed by atoms with E-state index in [4.69, 9.17) is 9.84 Å². The summed E-state index contributed by atoms with van der Waals surface area (Å²) in [5, 5.41) is 23.4. The van der Waals surface area contributed by atoms with Gasteiger partial charge < -0.3 is 24.8 Å². The molecule has 3 aromatic rings. The Morgan fingerprint density at radius 3 is 2.62 bits per heavy atom. The van der Waals surface area contributed by atoms with Crippen LogP contribution in [-0.4, -0.2) is 33.2 Å². The fraction of sp³-hybridized carbons (Fsp3) is 0.190. The van der Waals surface area contributed by atoms with Crippen molar-refractivity contribution >= 4 is 22.6 Å². The van der Waals surface area contributed by atoms with Crippen molar-refractivity contribution in [2.75, 3.05) is 6.54 Å². The van der Waals surface area contributed by atoms with Gasteiger partial charge in [-0.05, 0) is 22.4 Å². The zero-order chi connectivity index (χ0) is 20.5. The molecule has 2 aromatic carbocycles. The number of hydrogen-bond acceptors (Lipinski definition) is 5. The summed E-state index contributed by atoms with van der Waals surface area (Å²) < 4.78 is 6.79. The number of aromatic hydroxyl groups is 1. The molecule has 0 spiro atoms. The summed E-state index contributed by atoms with van der Waals surface area (Å²) in [6.45, 7) is -0.258. The molecule has 1 amide bonds. The van der Waals surface area contributed by atoms with Crippen LogP contribution in [0.3, 0.4) is 0 Å². The number of hydrogen-bond donors (Lipinski definition) is 3. The summed E-state index contributed by atoms with van der Waals surface area (Å²) in [7, 11) is 0. The number of nitrogens with one attached hydrogen (secondary N) is 1. The summed E-state index contributed by atoms with van der Waals surface area (Å²) in [4.78, 5) is 36.2. The number of amides is 1. The van der Waals surface area contributed by atoms with E-state index in [1.165, 1.54) is 4.57 Å². The molecule has 0 fully saturated rings. The molecule has 1 aliphatic heterocycles. The van der Waals surface area contributed by atoms with Gasteiger partial charge in [-0.1, -0.05) is 36.4 Å². The fourth-order valence-electron chi connectivity index (χ4n) is 3.51. The lowest BCUT2D eigenvalue weighted by Gasteiger charge is -2.16. The molecule has 0 bridgehead atoms. The highest BCUT2D eigenvalue weighted by Gasteiger charge is 2.29. The number of rotatable bonds is 5. The standard InChI is InChI=1S/C21H18N2O6/c24-17(25)8-22-20(27)18-19(26)15-10-29-11-16(15)23(21(18)28)9-12-5-6-13-3-1-2-4-14(13)7-12/h1-7,26H,8-11H2,(H,22,27)(H,24,25). The van der Waals surface area contributed by atoms with Crippen LogP contribution in [0.15, 0.2) is 47.3 Å². The molecule has 0 unspecified atom stereocenters. The van der Waals surface area contributed by atoms with Crippen molar-refractivity contribution in [1.82, 2.24) is 9.88 Å². The van der Waals surface area contributed by atoms with Crippen LogP contribution in [0.1, 0.15) is 27.2 Å². The smallest absolute Gasteiger partial charge is 0.322 e. The Morgan fingerprint density at radius 1 is 1.10 bits per heavy atom. The number of carboxylic acids is 1. The number of nitrogens with zero attached hydrogens (tertiary/aromatic N) is 1. The van der Waals surface area contributed by atoms with Gasteiger partial charge in [-0.25, -0.2) is 0 Å². The van der Waals surface area contributed by atoms with Crippen LogP contribution in [0.5, 0.6) is 5.75 Å². The molecular formula is C21H18N2O6. The third-order valence-electron chi connectivity index (χ3n) is 4.92. The molecule has 4 rings (SSSR count). The zero-order valence-electron chi connectivity index (χ0n) is 15.3. The maximum atomic E-state index is 13.0. The largest absolute Gasteiger partial charge is 0.506 e. The average molecular weight is 394 g/mol. The molecule has 0 aliphatic carbocycles. The van der Waals surface area contributed by atoms with Gasteiger partial charge in [-0.15, -0.1) is 0 Å². The molecule has 148 valence electrons. The highest BCUT2D eigenvalue weighted by molar-refractivity contribution is 5.98. The Bertz CT molecular complexity index is 1200. The molecule has 8 nitrogen and oxygen atoms in total. The van der Waals surface area contributed by atoms with Gasteiger partial charge in [0.15, 0.2) is 0 Å². The Hall–Kier alpha value is -3.65. The predicted octanol–water partition coefficient (Wildman–Crippen LogP) is 1.60. The lowest BCUT2D eigenvalue weighted by molar-refractivity contribution is -0.135. The van der Waals surface area contributed by atoms with Gasteiger partial charge in [0.05, 0.1) is 25.5 Å². The minimum absolute atomic E-state index is 0.0678. The van der Waals surface area contributed by atoms with Crippen molar-refractivity contribution in [3.05, 3.63) is 75.2 Å². The van der Waals surface area contributed by atoms with E-state index in [0.717, 1.165) is 16.3 Å². The van der Waals surface area contributed by atoms with Gasteiger partial charge in [0.1, 0.15) is 17.9 Å². The lowest BCUT2D eigenvalue weighted by Crippen LogP contribution is -2.37. The van der Waals surface area contributed by atoms with Crippen molar-refractivity contribution in [2.24, 2.45) is 0 Å². The zero-order valence-corrected chi connectivity index (χ0v) is 15.3. The molecule has 0 atom stereocenters. The predicted molar refractivity (Wildman–Crippen MR) is 104 cm³/mol. The van der Waals surface area contributed by atoms with Crippen molar-refractivity contribution < 1.29 is 24.5 Å². The van der Waals surface area contributed by atoms with Crippen LogP contribution >= 0.6 is 0 Å². The molecule has 0 saturated heterocycles. The summed E-state index contributed by atoms with van der Waals surface area (Å²) in [6, 6.07) is 13.6. The van der Waals surface area contributed by atoms with Crippen molar-refractivity contribution in [3.8, 4) is 5.75 Å². The van der Waals surface area contributed by atoms with Crippen LogP contribution in [0, 0.1) is 0 Å². The number of aliphatic carboxylic acids is 1. The topological polar surface area (TPSA) is 118 Å². The van der Waals surface area contributed by atoms with E-state index in [9.17, 15) is 19.5 Å².